The van der Waals surface area contributed by atoms with Crippen molar-refractivity contribution in [2.24, 2.45) is 0 Å². The normalized spacial score (nSPS) is 11.4. The van der Waals surface area contributed by atoms with Gasteiger partial charge in [0.25, 0.3) is 0 Å². The number of rotatable bonds is 3. The van der Waals surface area contributed by atoms with Gasteiger partial charge in [-0.3, -0.25) is 0 Å². The van der Waals surface area contributed by atoms with Gasteiger partial charge in [-0.05, 0) is 32.9 Å². The number of nitrogens with zero attached hydrogens (tertiary/aromatic N) is 1. The molecule has 0 spiro atoms. The number of ether oxygens (including phenoxy) is 1. The van der Waals surface area contributed by atoms with Crippen LogP contribution in [0.2, 0.25) is 0 Å². The van der Waals surface area contributed by atoms with Crippen LogP contribution in [0.5, 0.6) is 0 Å². The lowest BCUT2D eigenvalue weighted by Crippen LogP contribution is -2.32. The summed E-state index contributed by atoms with van der Waals surface area (Å²) in [5, 5.41) is 11.7. The van der Waals surface area contributed by atoms with Crippen LogP contribution in [0.1, 0.15) is 37.0 Å². The average molecular weight is 291 g/mol. The molecule has 112 valence electrons. The SMILES string of the molecule is CC(C)(C)OC(=O)NCc1nc2c(C(=O)O)cccc2[nH]1. The summed E-state index contributed by atoms with van der Waals surface area (Å²) in [6.07, 6.45) is -0.554. The first-order chi connectivity index (χ1) is 9.76. The third-order valence-electron chi connectivity index (χ3n) is 2.59. The van der Waals surface area contributed by atoms with Gasteiger partial charge < -0.3 is 20.1 Å². The Morgan fingerprint density at radius 3 is 2.71 bits per heavy atom. The lowest BCUT2D eigenvalue weighted by atomic mass is 10.2. The molecule has 2 aromatic rings. The maximum Gasteiger partial charge on any atom is 0.408 e. The number of carboxylic acids is 1. The largest absolute Gasteiger partial charge is 0.478 e. The van der Waals surface area contributed by atoms with E-state index in [0.29, 0.717) is 16.9 Å². The predicted octanol–water partition coefficient (Wildman–Crippen LogP) is 2.29. The number of alkyl carbamates (subject to hydrolysis) is 1. The Balaban J connectivity index is 2.12. The smallest absolute Gasteiger partial charge is 0.408 e. The molecule has 0 atom stereocenters. The number of benzene rings is 1. The van der Waals surface area contributed by atoms with Crippen LogP contribution in [0.25, 0.3) is 11.0 Å². The molecule has 0 bridgehead atoms. The van der Waals surface area contributed by atoms with Crippen molar-refractivity contribution in [3.63, 3.8) is 0 Å². The van der Waals surface area contributed by atoms with Crippen LogP contribution in [0.4, 0.5) is 4.79 Å². The Morgan fingerprint density at radius 2 is 2.10 bits per heavy atom. The van der Waals surface area contributed by atoms with Crippen molar-refractivity contribution in [3.8, 4) is 0 Å². The first-order valence-electron chi connectivity index (χ1n) is 6.44. The van der Waals surface area contributed by atoms with Gasteiger partial charge in [-0.25, -0.2) is 14.6 Å². The number of hydrogen-bond acceptors (Lipinski definition) is 4. The van der Waals surface area contributed by atoms with Gasteiger partial charge in [0.15, 0.2) is 0 Å². The van der Waals surface area contributed by atoms with Crippen molar-refractivity contribution in [1.82, 2.24) is 15.3 Å². The van der Waals surface area contributed by atoms with Crippen LogP contribution in [-0.2, 0) is 11.3 Å². The molecule has 1 heterocycles. The molecule has 21 heavy (non-hydrogen) atoms. The Kier molecular flexibility index (Phi) is 3.84. The van der Waals surface area contributed by atoms with Crippen LogP contribution in [0.3, 0.4) is 0 Å². The summed E-state index contributed by atoms with van der Waals surface area (Å²) < 4.78 is 5.11. The second-order valence-corrected chi connectivity index (χ2v) is 5.55. The molecule has 7 heteroatoms. The topological polar surface area (TPSA) is 104 Å². The minimum atomic E-state index is -1.04. The van der Waals surface area contributed by atoms with E-state index in [1.165, 1.54) is 6.07 Å². The number of imidazole rings is 1. The number of carbonyl (C=O) groups excluding carboxylic acids is 1. The number of aromatic amines is 1. The molecule has 2 rings (SSSR count). The highest BCUT2D eigenvalue weighted by molar-refractivity contribution is 6.00. The predicted molar refractivity (Wildman–Crippen MR) is 76.1 cm³/mol. The summed E-state index contributed by atoms with van der Waals surface area (Å²) in [5.74, 6) is -0.580. The van der Waals surface area contributed by atoms with Crippen molar-refractivity contribution in [1.29, 1.82) is 0 Å². The number of amides is 1. The van der Waals surface area contributed by atoms with E-state index in [-0.39, 0.29) is 12.1 Å². The number of carbonyl (C=O) groups is 2. The molecule has 0 aliphatic rings. The minimum Gasteiger partial charge on any atom is -0.478 e. The number of para-hydroxylation sites is 1. The van der Waals surface area contributed by atoms with Gasteiger partial charge in [-0.15, -0.1) is 0 Å². The number of fused-ring (bicyclic) bond motifs is 1. The Morgan fingerprint density at radius 1 is 1.38 bits per heavy atom. The summed E-state index contributed by atoms with van der Waals surface area (Å²) in [6, 6.07) is 4.84. The fourth-order valence-electron chi connectivity index (χ4n) is 1.81. The molecule has 1 amide bonds. The van der Waals surface area contributed by atoms with Crippen molar-refractivity contribution in [2.45, 2.75) is 32.9 Å². The minimum absolute atomic E-state index is 0.118. The number of hydrogen-bond donors (Lipinski definition) is 3. The molecule has 0 unspecified atom stereocenters. The van der Waals surface area contributed by atoms with Crippen molar-refractivity contribution in [3.05, 3.63) is 29.6 Å². The van der Waals surface area contributed by atoms with Crippen LogP contribution in [0.15, 0.2) is 18.2 Å². The molecule has 7 nitrogen and oxygen atoms in total. The molecule has 0 saturated carbocycles. The van der Waals surface area contributed by atoms with Gasteiger partial charge in [-0.2, -0.15) is 0 Å². The van der Waals surface area contributed by atoms with Gasteiger partial charge in [0, 0.05) is 0 Å². The third kappa shape index (κ3) is 3.71. The molecule has 0 aliphatic carbocycles. The zero-order valence-corrected chi connectivity index (χ0v) is 12.1. The van der Waals surface area contributed by atoms with Gasteiger partial charge in [0.1, 0.15) is 16.9 Å². The molecule has 3 N–H and O–H groups in total. The highest BCUT2D eigenvalue weighted by Gasteiger charge is 2.17. The Bertz CT molecular complexity index is 685. The van der Waals surface area contributed by atoms with Crippen molar-refractivity contribution < 1.29 is 19.4 Å². The lowest BCUT2D eigenvalue weighted by Gasteiger charge is -2.19. The number of nitrogens with one attached hydrogen (secondary N) is 2. The van der Waals surface area contributed by atoms with E-state index >= 15 is 0 Å². The second-order valence-electron chi connectivity index (χ2n) is 5.55. The van der Waals surface area contributed by atoms with Crippen LogP contribution >= 0.6 is 0 Å². The fourth-order valence-corrected chi connectivity index (χ4v) is 1.81. The first kappa shape index (κ1) is 14.8. The average Bonchev–Trinajstić information content (AvgIpc) is 2.76. The van der Waals surface area contributed by atoms with Crippen molar-refractivity contribution in [2.75, 3.05) is 0 Å². The maximum atomic E-state index is 11.6. The van der Waals surface area contributed by atoms with Gasteiger partial charge in [-0.1, -0.05) is 6.07 Å². The Labute approximate surface area is 121 Å². The van der Waals surface area contributed by atoms with Gasteiger partial charge in [0.05, 0.1) is 17.6 Å². The molecule has 0 fully saturated rings. The van der Waals surface area contributed by atoms with E-state index in [9.17, 15) is 9.59 Å². The van der Waals surface area contributed by atoms with Gasteiger partial charge >= 0.3 is 12.1 Å². The summed E-state index contributed by atoms with van der Waals surface area (Å²) in [7, 11) is 0. The molecule has 0 radical (unpaired) electrons. The zero-order chi connectivity index (χ0) is 15.6. The number of carboxylic acid groups (broad SMARTS) is 1. The van der Waals surface area contributed by atoms with Crippen LogP contribution in [-0.4, -0.2) is 32.7 Å². The molecule has 1 aromatic heterocycles. The molecule has 1 aromatic carbocycles. The van der Waals surface area contributed by atoms with Crippen LogP contribution in [0, 0.1) is 0 Å². The first-order valence-corrected chi connectivity index (χ1v) is 6.44. The lowest BCUT2D eigenvalue weighted by molar-refractivity contribution is 0.0521. The van der Waals surface area contributed by atoms with E-state index in [1.807, 2.05) is 0 Å². The maximum absolute atomic E-state index is 11.6. The van der Waals surface area contributed by atoms with E-state index in [1.54, 1.807) is 32.9 Å². The molecular formula is C14H17N3O4. The quantitative estimate of drug-likeness (QED) is 0.804. The monoisotopic (exact) mass is 291 g/mol. The standard InChI is InChI=1S/C14H17N3O4/c1-14(2,3)21-13(20)15-7-10-16-9-6-4-5-8(12(18)19)11(9)17-10/h4-6H,7H2,1-3H3,(H,15,20)(H,16,17)(H,18,19). The van der Waals surface area contributed by atoms with E-state index in [4.69, 9.17) is 9.84 Å². The van der Waals surface area contributed by atoms with E-state index < -0.39 is 17.7 Å². The van der Waals surface area contributed by atoms with Crippen LogP contribution < -0.4 is 5.32 Å². The van der Waals surface area contributed by atoms with E-state index in [2.05, 4.69) is 15.3 Å². The van der Waals surface area contributed by atoms with Crippen molar-refractivity contribution >= 4 is 23.1 Å². The summed E-state index contributed by atoms with van der Waals surface area (Å²) in [4.78, 5) is 29.8. The summed E-state index contributed by atoms with van der Waals surface area (Å²) >= 11 is 0. The second kappa shape index (κ2) is 5.43. The molecular weight excluding hydrogens is 274 g/mol. The summed E-state index contributed by atoms with van der Waals surface area (Å²) in [5.41, 5.74) is 0.517. The highest BCUT2D eigenvalue weighted by atomic mass is 16.6. The highest BCUT2D eigenvalue weighted by Crippen LogP contribution is 2.16. The van der Waals surface area contributed by atoms with Gasteiger partial charge in [0.2, 0.25) is 0 Å². The molecule has 0 aliphatic heterocycles. The zero-order valence-electron chi connectivity index (χ0n) is 12.1. The number of H-pyrrole nitrogens is 1. The fraction of sp³-hybridized carbons (Fsp3) is 0.357. The van der Waals surface area contributed by atoms with E-state index in [0.717, 1.165) is 0 Å². The number of aromatic nitrogens is 2. The number of aromatic carboxylic acids is 1. The Hall–Kier alpha value is -2.57. The third-order valence-corrected chi connectivity index (χ3v) is 2.59. The summed E-state index contributed by atoms with van der Waals surface area (Å²) in [6.45, 7) is 5.44. The molecule has 0 saturated heterocycles.